The first kappa shape index (κ1) is 16.7. The first-order valence-electron chi connectivity index (χ1n) is 9.45. The molecule has 1 amide bonds. The summed E-state index contributed by atoms with van der Waals surface area (Å²) >= 11 is 0. The van der Waals surface area contributed by atoms with Gasteiger partial charge in [-0.2, -0.15) is 0 Å². The third-order valence-electron chi connectivity index (χ3n) is 6.32. The lowest BCUT2D eigenvalue weighted by atomic mass is 9.77. The zero-order valence-corrected chi connectivity index (χ0v) is 14.9. The van der Waals surface area contributed by atoms with Crippen molar-refractivity contribution in [3.05, 3.63) is 23.8 Å². The number of nitrogens with zero attached hydrogens (tertiary/aromatic N) is 1. The van der Waals surface area contributed by atoms with E-state index in [2.05, 4.69) is 13.0 Å². The summed E-state index contributed by atoms with van der Waals surface area (Å²) in [4.78, 5) is 14.8. The van der Waals surface area contributed by atoms with Gasteiger partial charge in [-0.15, -0.1) is 0 Å². The highest BCUT2D eigenvalue weighted by molar-refractivity contribution is 5.83. The smallest absolute Gasteiger partial charge is 0.226 e. The fourth-order valence-electron chi connectivity index (χ4n) is 4.19. The van der Waals surface area contributed by atoms with Crippen molar-refractivity contribution < 1.29 is 19.4 Å². The summed E-state index contributed by atoms with van der Waals surface area (Å²) in [6.07, 6.45) is 3.73. The van der Waals surface area contributed by atoms with Gasteiger partial charge in [0.1, 0.15) is 13.2 Å². The van der Waals surface area contributed by atoms with Crippen molar-refractivity contribution >= 4 is 5.91 Å². The lowest BCUT2D eigenvalue weighted by Gasteiger charge is -2.40. The molecule has 0 spiro atoms. The number of carbonyl (C=O) groups is 1. The summed E-state index contributed by atoms with van der Waals surface area (Å²) in [6, 6.07) is 6.06. The Morgan fingerprint density at radius 2 is 1.96 bits per heavy atom. The minimum atomic E-state index is 0.0234. The van der Waals surface area contributed by atoms with Crippen molar-refractivity contribution in [3.8, 4) is 11.5 Å². The van der Waals surface area contributed by atoms with Crippen LogP contribution in [0.1, 0.15) is 44.1 Å². The largest absolute Gasteiger partial charge is 0.486 e. The van der Waals surface area contributed by atoms with E-state index in [1.807, 2.05) is 17.0 Å². The Labute approximate surface area is 148 Å². The summed E-state index contributed by atoms with van der Waals surface area (Å²) in [6.45, 7) is 5.09. The van der Waals surface area contributed by atoms with Gasteiger partial charge in [0, 0.05) is 25.6 Å². The Hall–Kier alpha value is -1.75. The molecule has 1 saturated carbocycles. The van der Waals surface area contributed by atoms with Crippen LogP contribution in [0.5, 0.6) is 11.5 Å². The van der Waals surface area contributed by atoms with E-state index in [9.17, 15) is 9.90 Å². The number of rotatable bonds is 4. The van der Waals surface area contributed by atoms with Gasteiger partial charge in [-0.05, 0) is 54.7 Å². The second kappa shape index (κ2) is 6.52. The molecule has 4 rings (SSSR count). The van der Waals surface area contributed by atoms with Crippen LogP contribution in [0.25, 0.3) is 0 Å². The Morgan fingerprint density at radius 1 is 1.24 bits per heavy atom. The number of hydrogen-bond acceptors (Lipinski definition) is 4. The van der Waals surface area contributed by atoms with Gasteiger partial charge >= 0.3 is 0 Å². The summed E-state index contributed by atoms with van der Waals surface area (Å²) in [5, 5.41) is 9.65. The van der Waals surface area contributed by atoms with Crippen molar-refractivity contribution in [3.63, 3.8) is 0 Å². The van der Waals surface area contributed by atoms with Gasteiger partial charge in [-0.1, -0.05) is 13.0 Å². The van der Waals surface area contributed by atoms with Crippen LogP contribution in [0.15, 0.2) is 18.2 Å². The van der Waals surface area contributed by atoms with Crippen molar-refractivity contribution in [1.82, 2.24) is 4.90 Å². The quantitative estimate of drug-likeness (QED) is 0.911. The van der Waals surface area contributed by atoms with Crippen LogP contribution in [-0.4, -0.2) is 48.8 Å². The van der Waals surface area contributed by atoms with Gasteiger partial charge in [-0.25, -0.2) is 0 Å². The van der Waals surface area contributed by atoms with Gasteiger partial charge in [0.25, 0.3) is 0 Å². The zero-order valence-electron chi connectivity index (χ0n) is 14.9. The summed E-state index contributed by atoms with van der Waals surface area (Å²) in [7, 11) is 0. The van der Waals surface area contributed by atoms with Crippen molar-refractivity contribution in [2.24, 2.45) is 11.3 Å². The highest BCUT2D eigenvalue weighted by Gasteiger charge is 2.47. The average molecular weight is 345 g/mol. The van der Waals surface area contributed by atoms with Gasteiger partial charge in [0.15, 0.2) is 11.5 Å². The van der Waals surface area contributed by atoms with Gasteiger partial charge in [-0.3, -0.25) is 4.79 Å². The first-order chi connectivity index (χ1) is 12.2. The molecule has 0 unspecified atom stereocenters. The Kier molecular flexibility index (Phi) is 4.36. The van der Waals surface area contributed by atoms with Crippen molar-refractivity contribution in [2.75, 3.05) is 32.9 Å². The lowest BCUT2D eigenvalue weighted by Crippen LogP contribution is -2.45. The van der Waals surface area contributed by atoms with Crippen LogP contribution < -0.4 is 9.47 Å². The van der Waals surface area contributed by atoms with Crippen LogP contribution in [0.3, 0.4) is 0 Å². The molecule has 136 valence electrons. The molecule has 2 atom stereocenters. The van der Waals surface area contributed by atoms with Crippen molar-refractivity contribution in [2.45, 2.75) is 38.5 Å². The average Bonchev–Trinajstić information content (AvgIpc) is 3.48. The molecular weight excluding hydrogens is 318 g/mol. The number of aliphatic hydroxyl groups is 1. The van der Waals surface area contributed by atoms with Crippen LogP contribution >= 0.6 is 0 Å². The maximum atomic E-state index is 12.8. The number of likely N-dealkylation sites (tertiary alicyclic amines) is 1. The van der Waals surface area contributed by atoms with Crippen LogP contribution in [0.4, 0.5) is 0 Å². The van der Waals surface area contributed by atoms with Gasteiger partial charge < -0.3 is 19.5 Å². The molecule has 0 bridgehead atoms. The summed E-state index contributed by atoms with van der Waals surface area (Å²) in [5.74, 6) is 2.29. The predicted molar refractivity (Wildman–Crippen MR) is 93.9 cm³/mol. The van der Waals surface area contributed by atoms with Gasteiger partial charge in [0.05, 0.1) is 0 Å². The molecule has 5 nitrogen and oxygen atoms in total. The van der Waals surface area contributed by atoms with E-state index >= 15 is 0 Å². The van der Waals surface area contributed by atoms with E-state index in [0.29, 0.717) is 19.1 Å². The fraction of sp³-hybridized carbons (Fsp3) is 0.650. The van der Waals surface area contributed by atoms with E-state index < -0.39 is 0 Å². The minimum Gasteiger partial charge on any atom is -0.486 e. The highest BCUT2D eigenvalue weighted by Crippen LogP contribution is 2.50. The van der Waals surface area contributed by atoms with E-state index in [0.717, 1.165) is 50.3 Å². The number of benzene rings is 1. The Bertz CT molecular complexity index is 645. The number of ether oxygens (including phenoxy) is 2. The number of aliphatic hydroxyl groups excluding tert-OH is 1. The van der Waals surface area contributed by atoms with Crippen molar-refractivity contribution in [1.29, 1.82) is 0 Å². The van der Waals surface area contributed by atoms with E-state index in [1.54, 1.807) is 0 Å². The minimum absolute atomic E-state index is 0.0234. The molecule has 1 saturated heterocycles. The topological polar surface area (TPSA) is 59.0 Å². The number of fused-ring (bicyclic) bond motifs is 1. The number of piperidine rings is 1. The molecule has 25 heavy (non-hydrogen) atoms. The number of carbonyl (C=O) groups excluding carboxylic acids is 1. The molecule has 1 N–H and O–H groups in total. The molecule has 2 fully saturated rings. The normalized spacial score (nSPS) is 27.0. The fourth-order valence-corrected chi connectivity index (χ4v) is 4.19. The van der Waals surface area contributed by atoms with E-state index in [-0.39, 0.29) is 23.8 Å². The second-order valence-electron chi connectivity index (χ2n) is 7.69. The number of hydrogen-bond donors (Lipinski definition) is 1. The molecule has 0 radical (unpaired) electrons. The first-order valence-corrected chi connectivity index (χ1v) is 9.45. The zero-order chi connectivity index (χ0) is 17.4. The maximum Gasteiger partial charge on any atom is 0.226 e. The van der Waals surface area contributed by atoms with Crippen LogP contribution in [-0.2, 0) is 4.79 Å². The Balaban J connectivity index is 1.38. The van der Waals surface area contributed by atoms with E-state index in [4.69, 9.17) is 9.47 Å². The molecule has 5 heteroatoms. The molecule has 0 aromatic heterocycles. The molecule has 2 aliphatic heterocycles. The molecule has 1 aromatic carbocycles. The van der Waals surface area contributed by atoms with Crippen LogP contribution in [0, 0.1) is 11.3 Å². The molecule has 3 aliphatic rings. The maximum absolute atomic E-state index is 12.8. The molecule has 1 aromatic rings. The standard InChI is InChI=1S/C20H27NO4/c1-2-20(13-22)5-7-21(8-6-20)19(23)16-12-15(16)14-3-4-17-18(11-14)25-10-9-24-17/h3-4,11,15-16,22H,2,5-10,12-13H2,1H3/t15-,16-/m0/s1. The van der Waals surface area contributed by atoms with Gasteiger partial charge in [0.2, 0.25) is 5.91 Å². The second-order valence-corrected chi connectivity index (χ2v) is 7.69. The molecule has 1 aliphatic carbocycles. The number of amides is 1. The monoisotopic (exact) mass is 345 g/mol. The van der Waals surface area contributed by atoms with Crippen LogP contribution in [0.2, 0.25) is 0 Å². The van der Waals surface area contributed by atoms with E-state index in [1.165, 1.54) is 5.56 Å². The lowest BCUT2D eigenvalue weighted by molar-refractivity contribution is -0.135. The molecular formula is C20H27NO4. The Morgan fingerprint density at radius 3 is 2.64 bits per heavy atom. The molecule has 2 heterocycles. The third kappa shape index (κ3) is 3.10. The highest BCUT2D eigenvalue weighted by atomic mass is 16.6. The summed E-state index contributed by atoms with van der Waals surface area (Å²) in [5.41, 5.74) is 1.20. The summed E-state index contributed by atoms with van der Waals surface area (Å²) < 4.78 is 11.2. The SMILES string of the molecule is CCC1(CO)CCN(C(=O)[C@H]2C[C@H]2c2ccc3c(c2)OCCO3)CC1. The third-order valence-corrected chi connectivity index (χ3v) is 6.32. The predicted octanol–water partition coefficient (Wildman–Crippen LogP) is 2.57.